The van der Waals surface area contributed by atoms with E-state index in [4.69, 9.17) is 17.3 Å². The number of hydrogen-bond acceptors (Lipinski definition) is 4. The smallest absolute Gasteiger partial charge is 0.291 e. The van der Waals surface area contributed by atoms with Gasteiger partial charge < -0.3 is 11.1 Å². The van der Waals surface area contributed by atoms with E-state index in [1.807, 2.05) is 32.0 Å². The molecule has 1 amide bonds. The average Bonchev–Trinajstić information content (AvgIpc) is 2.92. The molecule has 1 aromatic heterocycles. The van der Waals surface area contributed by atoms with Crippen molar-refractivity contribution in [3.05, 3.63) is 40.9 Å². The van der Waals surface area contributed by atoms with Gasteiger partial charge in [0.1, 0.15) is 5.82 Å². The number of para-hydroxylation sites is 1. The largest absolute Gasteiger partial charge is 0.346 e. The predicted molar refractivity (Wildman–Crippen MR) is 93.6 cm³/mol. The molecule has 2 aromatic rings. The number of nitrogens with zero attached hydrogens (tertiary/aromatic N) is 3. The lowest BCUT2D eigenvalue weighted by atomic mass is 10.3. The van der Waals surface area contributed by atoms with Crippen molar-refractivity contribution in [1.29, 1.82) is 0 Å². The van der Waals surface area contributed by atoms with Crippen LogP contribution in [0, 0.1) is 0 Å². The molecule has 1 heterocycles. The van der Waals surface area contributed by atoms with Crippen molar-refractivity contribution < 1.29 is 4.79 Å². The molecule has 0 unspecified atom stereocenters. The molecule has 0 bridgehead atoms. The van der Waals surface area contributed by atoms with Crippen molar-refractivity contribution in [3.8, 4) is 5.69 Å². The number of benzene rings is 1. The zero-order valence-corrected chi connectivity index (χ0v) is 14.7. The summed E-state index contributed by atoms with van der Waals surface area (Å²) < 4.78 is 1.63. The Kier molecular flexibility index (Phi) is 7.48. The zero-order valence-electron chi connectivity index (χ0n) is 13.1. The first-order chi connectivity index (χ1) is 10.6. The Morgan fingerprint density at radius 1 is 1.43 bits per heavy atom. The molecule has 1 atom stereocenters. The Labute approximate surface area is 146 Å². The molecule has 0 aliphatic heterocycles. The Morgan fingerprint density at radius 2 is 2.13 bits per heavy atom. The van der Waals surface area contributed by atoms with Gasteiger partial charge in [0.15, 0.2) is 0 Å². The molecule has 23 heavy (non-hydrogen) atoms. The van der Waals surface area contributed by atoms with E-state index in [1.54, 1.807) is 10.7 Å². The van der Waals surface area contributed by atoms with Crippen LogP contribution in [0.25, 0.3) is 5.69 Å². The third-order valence-corrected chi connectivity index (χ3v) is 3.48. The number of aromatic nitrogens is 3. The van der Waals surface area contributed by atoms with Gasteiger partial charge in [-0.2, -0.15) is 0 Å². The van der Waals surface area contributed by atoms with Crippen molar-refractivity contribution in [3.63, 3.8) is 0 Å². The number of aryl methyl sites for hydroxylation is 1. The third-order valence-electron chi connectivity index (χ3n) is 3.16. The van der Waals surface area contributed by atoms with E-state index < -0.39 is 0 Å². The summed E-state index contributed by atoms with van der Waals surface area (Å²) in [6.45, 7) is 4.23. The Bertz CT molecular complexity index is 659. The van der Waals surface area contributed by atoms with Crippen LogP contribution in [0.5, 0.6) is 0 Å². The summed E-state index contributed by atoms with van der Waals surface area (Å²) in [7, 11) is 0. The minimum atomic E-state index is -0.332. The highest BCUT2D eigenvalue weighted by Crippen LogP contribution is 2.21. The summed E-state index contributed by atoms with van der Waals surface area (Å²) in [5.74, 6) is 0.505. The van der Waals surface area contributed by atoms with Crippen LogP contribution >= 0.6 is 24.0 Å². The second-order valence-corrected chi connectivity index (χ2v) is 5.48. The van der Waals surface area contributed by atoms with E-state index in [9.17, 15) is 4.79 Å². The molecule has 2 rings (SSSR count). The van der Waals surface area contributed by atoms with E-state index in [2.05, 4.69) is 15.4 Å². The van der Waals surface area contributed by atoms with E-state index in [1.165, 1.54) is 0 Å². The van der Waals surface area contributed by atoms with Gasteiger partial charge in [-0.25, -0.2) is 9.67 Å². The first-order valence-electron chi connectivity index (χ1n) is 7.28. The number of carbonyl (C=O) groups is 1. The molecule has 8 heteroatoms. The number of halogens is 2. The third kappa shape index (κ3) is 4.67. The zero-order chi connectivity index (χ0) is 16.1. The van der Waals surface area contributed by atoms with E-state index >= 15 is 0 Å². The van der Waals surface area contributed by atoms with Crippen LogP contribution in [-0.4, -0.2) is 33.3 Å². The van der Waals surface area contributed by atoms with Crippen LogP contribution in [0.1, 0.15) is 36.7 Å². The van der Waals surface area contributed by atoms with Crippen LogP contribution in [0.4, 0.5) is 0 Å². The molecular weight excluding hydrogens is 337 g/mol. The Hall–Kier alpha value is -1.63. The summed E-state index contributed by atoms with van der Waals surface area (Å²) in [6.07, 6.45) is 1.60. The van der Waals surface area contributed by atoms with E-state index in [-0.39, 0.29) is 30.2 Å². The minimum absolute atomic E-state index is 0. The predicted octanol–water partition coefficient (Wildman–Crippen LogP) is 2.37. The molecule has 6 nitrogen and oxygen atoms in total. The molecule has 0 fully saturated rings. The number of nitrogens with one attached hydrogen (secondary N) is 1. The number of carbonyl (C=O) groups excluding carboxylic acids is 1. The number of nitrogens with two attached hydrogens (primary N) is 1. The fraction of sp³-hybridized carbons (Fsp3) is 0.400. The van der Waals surface area contributed by atoms with Gasteiger partial charge in [-0.15, -0.1) is 17.5 Å². The maximum Gasteiger partial charge on any atom is 0.291 e. The molecule has 3 N–H and O–H groups in total. The first-order valence-corrected chi connectivity index (χ1v) is 7.66. The van der Waals surface area contributed by atoms with E-state index in [0.717, 1.165) is 6.42 Å². The second kappa shape index (κ2) is 8.86. The Morgan fingerprint density at radius 3 is 2.74 bits per heavy atom. The molecule has 126 valence electrons. The highest BCUT2D eigenvalue weighted by molar-refractivity contribution is 6.32. The van der Waals surface area contributed by atoms with Crippen LogP contribution in [0.3, 0.4) is 0 Å². The molecule has 0 saturated carbocycles. The molecule has 0 saturated heterocycles. The van der Waals surface area contributed by atoms with Crippen molar-refractivity contribution >= 4 is 29.9 Å². The average molecular weight is 358 g/mol. The quantitative estimate of drug-likeness (QED) is 0.830. The monoisotopic (exact) mass is 357 g/mol. The van der Waals surface area contributed by atoms with E-state index in [0.29, 0.717) is 29.5 Å². The van der Waals surface area contributed by atoms with Crippen LogP contribution in [-0.2, 0) is 6.42 Å². The van der Waals surface area contributed by atoms with Gasteiger partial charge in [-0.3, -0.25) is 4.79 Å². The SMILES string of the molecule is CCCc1nc(C(=O)N[C@@H](C)CN)nn1-c1ccccc1Cl.Cl. The fourth-order valence-corrected chi connectivity index (χ4v) is 2.21. The van der Waals surface area contributed by atoms with Crippen molar-refractivity contribution in [2.24, 2.45) is 5.73 Å². The van der Waals surface area contributed by atoms with Gasteiger partial charge in [-0.05, 0) is 25.5 Å². The van der Waals surface area contributed by atoms with Gasteiger partial charge in [-0.1, -0.05) is 30.7 Å². The summed E-state index contributed by atoms with van der Waals surface area (Å²) >= 11 is 6.22. The lowest BCUT2D eigenvalue weighted by Crippen LogP contribution is -2.38. The molecular formula is C15H21Cl2N5O. The van der Waals surface area contributed by atoms with Crippen LogP contribution in [0.15, 0.2) is 24.3 Å². The molecule has 0 aliphatic carbocycles. The minimum Gasteiger partial charge on any atom is -0.346 e. The number of hydrogen-bond donors (Lipinski definition) is 2. The second-order valence-electron chi connectivity index (χ2n) is 5.08. The molecule has 0 spiro atoms. The molecule has 0 aliphatic rings. The van der Waals surface area contributed by atoms with Crippen molar-refractivity contribution in [2.75, 3.05) is 6.54 Å². The standard InChI is InChI=1S/C15H20ClN5O.ClH/c1-3-6-13-19-14(15(22)18-10(2)9-17)20-21(13)12-8-5-4-7-11(12)16;/h4-5,7-8,10H,3,6,9,17H2,1-2H3,(H,18,22);1H/t10-;/m0./s1. The van der Waals surface area contributed by atoms with Gasteiger partial charge in [0.2, 0.25) is 5.82 Å². The van der Waals surface area contributed by atoms with Gasteiger partial charge in [0.05, 0.1) is 10.7 Å². The van der Waals surface area contributed by atoms with Gasteiger partial charge >= 0.3 is 0 Å². The van der Waals surface area contributed by atoms with Gasteiger partial charge in [0, 0.05) is 19.0 Å². The van der Waals surface area contributed by atoms with Crippen molar-refractivity contribution in [1.82, 2.24) is 20.1 Å². The summed E-state index contributed by atoms with van der Waals surface area (Å²) in [5.41, 5.74) is 6.23. The number of amides is 1. The van der Waals surface area contributed by atoms with Gasteiger partial charge in [0.25, 0.3) is 5.91 Å². The first kappa shape index (κ1) is 19.4. The summed E-state index contributed by atoms with van der Waals surface area (Å²) in [6, 6.07) is 7.22. The Balaban J connectivity index is 0.00000264. The normalized spacial score (nSPS) is 11.7. The maximum absolute atomic E-state index is 12.2. The number of rotatable bonds is 6. The van der Waals surface area contributed by atoms with Crippen LogP contribution < -0.4 is 11.1 Å². The molecule has 0 radical (unpaired) electrons. The lowest BCUT2D eigenvalue weighted by molar-refractivity contribution is 0.0931. The fourth-order valence-electron chi connectivity index (χ4n) is 1.99. The van der Waals surface area contributed by atoms with Crippen LogP contribution in [0.2, 0.25) is 5.02 Å². The van der Waals surface area contributed by atoms with Crippen molar-refractivity contribution in [2.45, 2.75) is 32.7 Å². The maximum atomic E-state index is 12.2. The lowest BCUT2D eigenvalue weighted by Gasteiger charge is -2.08. The molecule has 1 aromatic carbocycles. The summed E-state index contributed by atoms with van der Waals surface area (Å²) in [5, 5.41) is 7.64. The highest BCUT2D eigenvalue weighted by Gasteiger charge is 2.19. The topological polar surface area (TPSA) is 85.8 Å². The highest BCUT2D eigenvalue weighted by atomic mass is 35.5. The summed E-state index contributed by atoms with van der Waals surface area (Å²) in [4.78, 5) is 16.5.